The Hall–Kier alpha value is -0.250. The predicted octanol–water partition coefficient (Wildman–Crippen LogP) is 3.91. The molecule has 0 spiro atoms. The first kappa shape index (κ1) is 14.2. The minimum Gasteiger partial charge on any atom is -0.497 e. The molecule has 0 saturated carbocycles. The quantitative estimate of drug-likeness (QED) is 0.778. The van der Waals surface area contributed by atoms with E-state index in [4.69, 9.17) is 16.3 Å². The van der Waals surface area contributed by atoms with Crippen molar-refractivity contribution in [3.8, 4) is 5.75 Å². The first-order valence-electron chi connectivity index (χ1n) is 6.29. The van der Waals surface area contributed by atoms with Gasteiger partial charge >= 0.3 is 0 Å². The maximum Gasteiger partial charge on any atom is 0.119 e. The Morgan fingerprint density at radius 3 is 2.94 bits per heavy atom. The Balaban J connectivity index is 2.05. The van der Waals surface area contributed by atoms with E-state index in [-0.39, 0.29) is 0 Å². The highest BCUT2D eigenvalue weighted by molar-refractivity contribution is 9.10. The molecule has 100 valence electrons. The van der Waals surface area contributed by atoms with Crippen LogP contribution in [0.5, 0.6) is 5.75 Å². The van der Waals surface area contributed by atoms with Gasteiger partial charge in [0.1, 0.15) is 5.75 Å². The van der Waals surface area contributed by atoms with Gasteiger partial charge in [0.2, 0.25) is 0 Å². The van der Waals surface area contributed by atoms with Crippen molar-refractivity contribution in [2.45, 2.75) is 25.3 Å². The smallest absolute Gasteiger partial charge is 0.119 e. The van der Waals surface area contributed by atoms with E-state index in [1.54, 1.807) is 7.11 Å². The largest absolute Gasteiger partial charge is 0.497 e. The van der Waals surface area contributed by atoms with Gasteiger partial charge in [-0.3, -0.25) is 4.90 Å². The van der Waals surface area contributed by atoms with E-state index in [1.165, 1.54) is 5.56 Å². The van der Waals surface area contributed by atoms with Gasteiger partial charge in [-0.2, -0.15) is 0 Å². The van der Waals surface area contributed by atoms with Crippen molar-refractivity contribution in [1.82, 2.24) is 4.90 Å². The first-order chi connectivity index (χ1) is 8.60. The molecule has 2 unspecified atom stereocenters. The zero-order valence-electron chi connectivity index (χ0n) is 10.8. The Morgan fingerprint density at radius 1 is 1.50 bits per heavy atom. The second-order valence-corrected chi connectivity index (χ2v) is 6.39. The highest BCUT2D eigenvalue weighted by atomic mass is 79.9. The molecule has 0 radical (unpaired) electrons. The molecule has 1 heterocycles. The van der Waals surface area contributed by atoms with E-state index in [0.29, 0.717) is 11.3 Å². The van der Waals surface area contributed by atoms with E-state index in [0.717, 1.165) is 36.3 Å². The number of alkyl halides is 1. The third-order valence-electron chi connectivity index (χ3n) is 3.53. The molecular weight excluding hydrogens is 314 g/mol. The average molecular weight is 333 g/mol. The second kappa shape index (κ2) is 6.27. The molecule has 18 heavy (non-hydrogen) atoms. The summed E-state index contributed by atoms with van der Waals surface area (Å²) in [5.41, 5.74) is 1.27. The monoisotopic (exact) mass is 331 g/mol. The van der Waals surface area contributed by atoms with Gasteiger partial charge < -0.3 is 4.74 Å². The van der Waals surface area contributed by atoms with Crippen molar-refractivity contribution < 1.29 is 4.74 Å². The molecule has 1 saturated heterocycles. The van der Waals surface area contributed by atoms with Crippen LogP contribution in [0.1, 0.15) is 18.9 Å². The molecule has 1 aromatic rings. The van der Waals surface area contributed by atoms with Gasteiger partial charge in [-0.25, -0.2) is 0 Å². The van der Waals surface area contributed by atoms with E-state index >= 15 is 0 Å². The van der Waals surface area contributed by atoms with Gasteiger partial charge in [0.25, 0.3) is 0 Å². The van der Waals surface area contributed by atoms with Crippen molar-refractivity contribution in [2.75, 3.05) is 20.2 Å². The number of rotatable bonds is 3. The maximum atomic E-state index is 6.26. The molecule has 1 fully saturated rings. The number of nitrogens with zero attached hydrogens (tertiary/aromatic N) is 1. The van der Waals surface area contributed by atoms with Crippen LogP contribution in [0.3, 0.4) is 0 Å². The SMILES string of the molecule is COc1ccc(Br)c(CN2CCC(Cl)C(C)C2)c1. The van der Waals surface area contributed by atoms with E-state index in [2.05, 4.69) is 33.8 Å². The van der Waals surface area contributed by atoms with Gasteiger partial charge in [-0.1, -0.05) is 22.9 Å². The van der Waals surface area contributed by atoms with Crippen LogP contribution in [0.15, 0.2) is 22.7 Å². The van der Waals surface area contributed by atoms with Crippen LogP contribution in [-0.2, 0) is 6.54 Å². The van der Waals surface area contributed by atoms with Crippen molar-refractivity contribution in [3.63, 3.8) is 0 Å². The predicted molar refractivity (Wildman–Crippen MR) is 79.4 cm³/mol. The molecule has 4 heteroatoms. The zero-order valence-corrected chi connectivity index (χ0v) is 13.2. The minimum atomic E-state index is 0.329. The molecule has 0 aromatic heterocycles. The van der Waals surface area contributed by atoms with Gasteiger partial charge in [0.15, 0.2) is 0 Å². The average Bonchev–Trinajstić information content (AvgIpc) is 2.36. The lowest BCUT2D eigenvalue weighted by molar-refractivity contribution is 0.179. The zero-order chi connectivity index (χ0) is 13.1. The van der Waals surface area contributed by atoms with Crippen LogP contribution >= 0.6 is 27.5 Å². The molecular formula is C14H19BrClNO. The minimum absolute atomic E-state index is 0.329. The van der Waals surface area contributed by atoms with Crippen LogP contribution in [0.25, 0.3) is 0 Å². The van der Waals surface area contributed by atoms with Crippen molar-refractivity contribution >= 4 is 27.5 Å². The lowest BCUT2D eigenvalue weighted by Crippen LogP contribution is -2.39. The van der Waals surface area contributed by atoms with Crippen LogP contribution < -0.4 is 4.74 Å². The van der Waals surface area contributed by atoms with E-state index < -0.39 is 0 Å². The Morgan fingerprint density at radius 2 is 2.28 bits per heavy atom. The molecule has 1 aliphatic heterocycles. The number of methoxy groups -OCH3 is 1. The Kier molecular flexibility index (Phi) is 4.93. The third-order valence-corrected chi connectivity index (χ3v) is 4.95. The molecule has 2 atom stereocenters. The fraction of sp³-hybridized carbons (Fsp3) is 0.571. The fourth-order valence-corrected chi connectivity index (χ4v) is 2.94. The number of halogens is 2. The molecule has 0 aliphatic carbocycles. The Labute approximate surface area is 122 Å². The summed E-state index contributed by atoms with van der Waals surface area (Å²) in [4.78, 5) is 2.46. The standard InChI is InChI=1S/C14H19BrClNO/c1-10-8-17(6-5-14(10)16)9-11-7-12(18-2)3-4-13(11)15/h3-4,7,10,14H,5-6,8-9H2,1-2H3. The molecule has 0 bridgehead atoms. The number of benzene rings is 1. The van der Waals surface area contributed by atoms with Crippen LogP contribution in [0.4, 0.5) is 0 Å². The summed E-state index contributed by atoms with van der Waals surface area (Å²) < 4.78 is 6.42. The molecule has 1 aromatic carbocycles. The molecule has 0 N–H and O–H groups in total. The van der Waals surface area contributed by atoms with Crippen molar-refractivity contribution in [3.05, 3.63) is 28.2 Å². The third kappa shape index (κ3) is 3.40. The first-order valence-corrected chi connectivity index (χ1v) is 7.52. The molecule has 2 nitrogen and oxygen atoms in total. The van der Waals surface area contributed by atoms with Gasteiger partial charge in [-0.15, -0.1) is 11.6 Å². The number of likely N-dealkylation sites (tertiary alicyclic amines) is 1. The van der Waals surface area contributed by atoms with Crippen LogP contribution in [0.2, 0.25) is 0 Å². The van der Waals surface area contributed by atoms with Crippen LogP contribution in [0, 0.1) is 5.92 Å². The Bertz CT molecular complexity index is 413. The van der Waals surface area contributed by atoms with Gasteiger partial charge in [0.05, 0.1) is 7.11 Å². The van der Waals surface area contributed by atoms with Gasteiger partial charge in [0, 0.05) is 22.9 Å². The number of piperidine rings is 1. The summed E-state index contributed by atoms with van der Waals surface area (Å²) in [7, 11) is 1.70. The lowest BCUT2D eigenvalue weighted by atomic mass is 9.99. The molecule has 0 amide bonds. The topological polar surface area (TPSA) is 12.5 Å². The second-order valence-electron chi connectivity index (χ2n) is 4.97. The normalized spacial score (nSPS) is 25.1. The highest BCUT2D eigenvalue weighted by Gasteiger charge is 2.24. The fourth-order valence-electron chi connectivity index (χ4n) is 2.39. The van der Waals surface area contributed by atoms with E-state index in [1.807, 2.05) is 12.1 Å². The molecule has 2 rings (SSSR count). The number of hydrogen-bond acceptors (Lipinski definition) is 2. The summed E-state index contributed by atoms with van der Waals surface area (Å²) in [6, 6.07) is 6.12. The van der Waals surface area contributed by atoms with Crippen LogP contribution in [-0.4, -0.2) is 30.5 Å². The van der Waals surface area contributed by atoms with Crippen molar-refractivity contribution in [1.29, 1.82) is 0 Å². The van der Waals surface area contributed by atoms with Crippen molar-refractivity contribution in [2.24, 2.45) is 5.92 Å². The summed E-state index contributed by atoms with van der Waals surface area (Å²) in [6.07, 6.45) is 1.07. The number of ether oxygens (including phenoxy) is 1. The molecule has 1 aliphatic rings. The summed E-state index contributed by atoms with van der Waals surface area (Å²) in [5.74, 6) is 1.47. The van der Waals surface area contributed by atoms with Gasteiger partial charge in [-0.05, 0) is 42.6 Å². The van der Waals surface area contributed by atoms with E-state index in [9.17, 15) is 0 Å². The highest BCUT2D eigenvalue weighted by Crippen LogP contribution is 2.27. The number of hydrogen-bond donors (Lipinski definition) is 0. The maximum absolute atomic E-state index is 6.26. The summed E-state index contributed by atoms with van der Waals surface area (Å²) in [5, 5.41) is 0.329. The lowest BCUT2D eigenvalue weighted by Gasteiger charge is -2.34. The summed E-state index contributed by atoms with van der Waals surface area (Å²) >= 11 is 9.86. The summed E-state index contributed by atoms with van der Waals surface area (Å²) in [6.45, 7) is 5.32.